The van der Waals surface area contributed by atoms with E-state index in [2.05, 4.69) is 17.1 Å². The molecule has 0 spiro atoms. The van der Waals surface area contributed by atoms with Crippen molar-refractivity contribution >= 4 is 5.65 Å². The Kier molecular flexibility index (Phi) is 5.53. The summed E-state index contributed by atoms with van der Waals surface area (Å²) in [6.07, 6.45) is 6.13. The van der Waals surface area contributed by atoms with Crippen LogP contribution >= 0.6 is 0 Å². The largest absolute Gasteiger partial charge is 0.497 e. The number of aromatic nitrogens is 5. The summed E-state index contributed by atoms with van der Waals surface area (Å²) in [6, 6.07) is 22.1. The second kappa shape index (κ2) is 8.93. The predicted octanol–water partition coefficient (Wildman–Crippen LogP) is 4.27. The van der Waals surface area contributed by atoms with E-state index in [0.717, 1.165) is 46.3 Å². The minimum atomic E-state index is 0.595. The van der Waals surface area contributed by atoms with Crippen molar-refractivity contribution in [1.29, 1.82) is 0 Å². The number of nitrogens with zero attached hydrogens (tertiary/aromatic N) is 5. The van der Waals surface area contributed by atoms with Gasteiger partial charge in [0.15, 0.2) is 11.5 Å². The van der Waals surface area contributed by atoms with Crippen LogP contribution in [0.25, 0.3) is 16.9 Å². The topological polar surface area (TPSA) is 66.5 Å². The summed E-state index contributed by atoms with van der Waals surface area (Å²) in [4.78, 5) is 8.75. The van der Waals surface area contributed by atoms with Gasteiger partial charge in [0.1, 0.15) is 18.1 Å². The third-order valence-electron chi connectivity index (χ3n) is 5.25. The molecule has 3 heterocycles. The summed E-state index contributed by atoms with van der Waals surface area (Å²) in [5.41, 5.74) is 4.01. The van der Waals surface area contributed by atoms with Crippen molar-refractivity contribution in [2.24, 2.45) is 0 Å². The molecule has 0 fully saturated rings. The Morgan fingerprint density at radius 2 is 1.72 bits per heavy atom. The van der Waals surface area contributed by atoms with Crippen molar-refractivity contribution in [3.63, 3.8) is 0 Å². The maximum absolute atomic E-state index is 5.82. The third-order valence-corrected chi connectivity index (χ3v) is 5.25. The highest BCUT2D eigenvalue weighted by Crippen LogP contribution is 2.23. The number of imidazole rings is 1. The van der Waals surface area contributed by atoms with Gasteiger partial charge in [-0.05, 0) is 54.1 Å². The molecule has 0 unspecified atom stereocenters. The van der Waals surface area contributed by atoms with Gasteiger partial charge >= 0.3 is 0 Å². The van der Waals surface area contributed by atoms with Gasteiger partial charge in [0.05, 0.1) is 25.7 Å². The van der Waals surface area contributed by atoms with Crippen LogP contribution in [0.5, 0.6) is 11.5 Å². The summed E-state index contributed by atoms with van der Waals surface area (Å²) in [5, 5.41) is 4.76. The van der Waals surface area contributed by atoms with E-state index in [-0.39, 0.29) is 0 Å². The van der Waals surface area contributed by atoms with Crippen molar-refractivity contribution in [3.05, 3.63) is 96.8 Å². The van der Waals surface area contributed by atoms with E-state index in [0.29, 0.717) is 13.0 Å². The minimum absolute atomic E-state index is 0.595. The zero-order chi connectivity index (χ0) is 21.8. The first-order chi connectivity index (χ1) is 15.8. The molecule has 160 valence electrons. The van der Waals surface area contributed by atoms with Gasteiger partial charge in [0.2, 0.25) is 0 Å². The van der Waals surface area contributed by atoms with Gasteiger partial charge in [-0.15, -0.1) is 0 Å². The van der Waals surface area contributed by atoms with Crippen molar-refractivity contribution in [3.8, 4) is 22.8 Å². The zero-order valence-electron chi connectivity index (χ0n) is 17.8. The summed E-state index contributed by atoms with van der Waals surface area (Å²) in [7, 11) is 1.67. The van der Waals surface area contributed by atoms with Gasteiger partial charge < -0.3 is 14.0 Å². The van der Waals surface area contributed by atoms with Gasteiger partial charge in [-0.1, -0.05) is 18.2 Å². The highest BCUT2D eigenvalue weighted by molar-refractivity contribution is 5.63. The lowest BCUT2D eigenvalue weighted by molar-refractivity contribution is 0.298. The van der Waals surface area contributed by atoms with Gasteiger partial charge in [-0.3, -0.25) is 0 Å². The first-order valence-corrected chi connectivity index (χ1v) is 10.4. The van der Waals surface area contributed by atoms with Crippen LogP contribution in [0.1, 0.15) is 11.4 Å². The SMILES string of the molecule is COc1ccc(-c2cccc3nc(Cc4ccc(OCCn5ccnc5)cc4)nn23)cc1. The van der Waals surface area contributed by atoms with Crippen LogP contribution in [0, 0.1) is 0 Å². The normalized spacial score (nSPS) is 11.0. The lowest BCUT2D eigenvalue weighted by atomic mass is 10.1. The van der Waals surface area contributed by atoms with Gasteiger partial charge in [-0.25, -0.2) is 14.5 Å². The van der Waals surface area contributed by atoms with Crippen molar-refractivity contribution in [2.75, 3.05) is 13.7 Å². The smallest absolute Gasteiger partial charge is 0.156 e. The molecule has 0 saturated carbocycles. The summed E-state index contributed by atoms with van der Waals surface area (Å²) in [5.74, 6) is 2.45. The fraction of sp³-hybridized carbons (Fsp3) is 0.160. The van der Waals surface area contributed by atoms with Crippen LogP contribution in [-0.4, -0.2) is 37.9 Å². The Morgan fingerprint density at radius 3 is 2.47 bits per heavy atom. The Morgan fingerprint density at radius 1 is 0.906 bits per heavy atom. The Hall–Kier alpha value is -4.13. The monoisotopic (exact) mass is 425 g/mol. The molecule has 0 aliphatic carbocycles. The number of methoxy groups -OCH3 is 1. The van der Waals surface area contributed by atoms with E-state index in [4.69, 9.17) is 19.6 Å². The molecule has 2 aromatic carbocycles. The fourth-order valence-corrected chi connectivity index (χ4v) is 3.58. The van der Waals surface area contributed by atoms with Crippen LogP contribution < -0.4 is 9.47 Å². The molecule has 32 heavy (non-hydrogen) atoms. The molecule has 3 aromatic heterocycles. The molecule has 0 aliphatic rings. The van der Waals surface area contributed by atoms with Gasteiger partial charge in [-0.2, -0.15) is 5.10 Å². The summed E-state index contributed by atoms with van der Waals surface area (Å²) < 4.78 is 15.0. The van der Waals surface area contributed by atoms with Crippen LogP contribution in [-0.2, 0) is 13.0 Å². The fourth-order valence-electron chi connectivity index (χ4n) is 3.58. The molecule has 5 aromatic rings. The molecule has 0 saturated heterocycles. The van der Waals surface area contributed by atoms with Gasteiger partial charge in [0.25, 0.3) is 0 Å². The highest BCUT2D eigenvalue weighted by atomic mass is 16.5. The Balaban J connectivity index is 1.28. The molecule has 0 N–H and O–H groups in total. The van der Waals surface area contributed by atoms with Crippen molar-refractivity contribution < 1.29 is 9.47 Å². The van der Waals surface area contributed by atoms with Crippen LogP contribution in [0.15, 0.2) is 85.5 Å². The van der Waals surface area contributed by atoms with E-state index >= 15 is 0 Å². The molecular weight excluding hydrogens is 402 g/mol. The molecule has 5 rings (SSSR count). The average molecular weight is 425 g/mol. The Bertz CT molecular complexity index is 1290. The Labute approximate surface area is 185 Å². The molecule has 0 radical (unpaired) electrons. The van der Waals surface area contributed by atoms with Crippen molar-refractivity contribution in [2.45, 2.75) is 13.0 Å². The lowest BCUT2D eigenvalue weighted by Gasteiger charge is -2.07. The number of rotatable bonds is 8. The second-order valence-corrected chi connectivity index (χ2v) is 7.41. The maximum atomic E-state index is 5.82. The number of benzene rings is 2. The van der Waals surface area contributed by atoms with E-state index in [9.17, 15) is 0 Å². The molecule has 0 aliphatic heterocycles. The molecule has 7 heteroatoms. The van der Waals surface area contributed by atoms with Crippen LogP contribution in [0.2, 0.25) is 0 Å². The standard InChI is InChI=1S/C25H23N5O2/c1-31-21-11-7-20(8-12-21)23-3-2-4-25-27-24(28-30(23)25)17-19-5-9-22(10-6-19)32-16-15-29-14-13-26-18-29/h2-14,18H,15-17H2,1H3. The zero-order valence-corrected chi connectivity index (χ0v) is 17.8. The number of hydrogen-bond acceptors (Lipinski definition) is 5. The number of ether oxygens (including phenoxy) is 2. The molecule has 0 amide bonds. The third kappa shape index (κ3) is 4.32. The quantitative estimate of drug-likeness (QED) is 0.371. The first kappa shape index (κ1) is 19.8. The first-order valence-electron chi connectivity index (χ1n) is 10.4. The highest BCUT2D eigenvalue weighted by Gasteiger charge is 2.10. The van der Waals surface area contributed by atoms with E-state index in [1.54, 1.807) is 19.6 Å². The second-order valence-electron chi connectivity index (χ2n) is 7.41. The molecular formula is C25H23N5O2. The summed E-state index contributed by atoms with van der Waals surface area (Å²) >= 11 is 0. The molecule has 0 bridgehead atoms. The minimum Gasteiger partial charge on any atom is -0.497 e. The van der Waals surface area contributed by atoms with E-state index in [1.807, 2.05) is 69.9 Å². The maximum Gasteiger partial charge on any atom is 0.156 e. The molecule has 0 atom stereocenters. The molecule has 7 nitrogen and oxygen atoms in total. The lowest BCUT2D eigenvalue weighted by Crippen LogP contribution is -2.06. The van der Waals surface area contributed by atoms with Crippen LogP contribution in [0.4, 0.5) is 0 Å². The van der Waals surface area contributed by atoms with Crippen LogP contribution in [0.3, 0.4) is 0 Å². The number of pyridine rings is 1. The van der Waals surface area contributed by atoms with Gasteiger partial charge in [0, 0.05) is 24.4 Å². The summed E-state index contributed by atoms with van der Waals surface area (Å²) in [6.45, 7) is 1.36. The predicted molar refractivity (Wildman–Crippen MR) is 122 cm³/mol. The number of fused-ring (bicyclic) bond motifs is 1. The number of hydrogen-bond donors (Lipinski definition) is 0. The van der Waals surface area contributed by atoms with E-state index in [1.165, 1.54) is 0 Å². The van der Waals surface area contributed by atoms with E-state index < -0.39 is 0 Å². The average Bonchev–Trinajstić information content (AvgIpc) is 3.49. The van der Waals surface area contributed by atoms with Crippen molar-refractivity contribution in [1.82, 2.24) is 24.1 Å².